The second kappa shape index (κ2) is 9.06. The lowest BCUT2D eigenvalue weighted by molar-refractivity contribution is 0.190. The Balaban J connectivity index is 2.63. The number of halogens is 1. The highest BCUT2D eigenvalue weighted by molar-refractivity contribution is 5.25. The van der Waals surface area contributed by atoms with E-state index in [0.29, 0.717) is 12.1 Å². The third-order valence-electron chi connectivity index (χ3n) is 3.64. The van der Waals surface area contributed by atoms with Crippen LogP contribution in [-0.4, -0.2) is 43.3 Å². The van der Waals surface area contributed by atoms with E-state index in [0.717, 1.165) is 31.5 Å². The molecule has 0 spiro atoms. The minimum atomic E-state index is -0.150. The van der Waals surface area contributed by atoms with Gasteiger partial charge in [-0.2, -0.15) is 0 Å². The first-order chi connectivity index (χ1) is 9.62. The molecule has 2 N–H and O–H groups in total. The van der Waals surface area contributed by atoms with Gasteiger partial charge < -0.3 is 15.3 Å². The van der Waals surface area contributed by atoms with E-state index >= 15 is 0 Å². The summed E-state index contributed by atoms with van der Waals surface area (Å²) >= 11 is 0. The van der Waals surface area contributed by atoms with Crippen LogP contribution in [0.3, 0.4) is 0 Å². The van der Waals surface area contributed by atoms with Crippen LogP contribution < -0.4 is 5.32 Å². The third kappa shape index (κ3) is 5.19. The molecule has 0 amide bonds. The van der Waals surface area contributed by atoms with Crippen molar-refractivity contribution in [2.24, 2.45) is 0 Å². The van der Waals surface area contributed by atoms with Gasteiger partial charge in [0.25, 0.3) is 0 Å². The van der Waals surface area contributed by atoms with Crippen LogP contribution in [0.15, 0.2) is 18.2 Å². The summed E-state index contributed by atoms with van der Waals surface area (Å²) in [6.07, 6.45) is 1.97. The second-order valence-corrected chi connectivity index (χ2v) is 5.20. The number of aliphatic hydroxyl groups excluding tert-OH is 1. The SMILES string of the molecule is CCCN(CCO)CCC(NC)c1ccc(C)c(F)c1. The van der Waals surface area contributed by atoms with Crippen LogP contribution in [0.2, 0.25) is 0 Å². The van der Waals surface area contributed by atoms with E-state index < -0.39 is 0 Å². The number of aryl methyl sites for hydroxylation is 1. The number of hydrogen-bond acceptors (Lipinski definition) is 3. The zero-order valence-electron chi connectivity index (χ0n) is 12.8. The summed E-state index contributed by atoms with van der Waals surface area (Å²) in [5.74, 6) is -0.150. The first-order valence-electron chi connectivity index (χ1n) is 7.38. The predicted octanol–water partition coefficient (Wildman–Crippen LogP) is 2.49. The fourth-order valence-corrected chi connectivity index (χ4v) is 2.41. The Kier molecular flexibility index (Phi) is 7.73. The van der Waals surface area contributed by atoms with Crippen LogP contribution in [0.25, 0.3) is 0 Å². The van der Waals surface area contributed by atoms with Crippen LogP contribution in [-0.2, 0) is 0 Å². The lowest BCUT2D eigenvalue weighted by Gasteiger charge is -2.24. The van der Waals surface area contributed by atoms with Gasteiger partial charge in [0.15, 0.2) is 0 Å². The fraction of sp³-hybridized carbons (Fsp3) is 0.625. The summed E-state index contributed by atoms with van der Waals surface area (Å²) in [6.45, 7) is 6.68. The van der Waals surface area contributed by atoms with E-state index in [1.165, 1.54) is 0 Å². The average molecular weight is 282 g/mol. The average Bonchev–Trinajstić information content (AvgIpc) is 2.43. The van der Waals surface area contributed by atoms with Crippen molar-refractivity contribution in [2.45, 2.75) is 32.7 Å². The third-order valence-corrected chi connectivity index (χ3v) is 3.64. The summed E-state index contributed by atoms with van der Waals surface area (Å²) in [5, 5.41) is 12.3. The smallest absolute Gasteiger partial charge is 0.126 e. The van der Waals surface area contributed by atoms with E-state index in [9.17, 15) is 4.39 Å². The molecule has 114 valence electrons. The number of hydrogen-bond donors (Lipinski definition) is 2. The highest BCUT2D eigenvalue weighted by Gasteiger charge is 2.13. The second-order valence-electron chi connectivity index (χ2n) is 5.20. The fourth-order valence-electron chi connectivity index (χ4n) is 2.41. The number of benzene rings is 1. The normalized spacial score (nSPS) is 12.9. The van der Waals surface area contributed by atoms with Crippen molar-refractivity contribution in [1.29, 1.82) is 0 Å². The Hall–Kier alpha value is -0.970. The van der Waals surface area contributed by atoms with Crippen molar-refractivity contribution in [3.05, 3.63) is 35.1 Å². The van der Waals surface area contributed by atoms with E-state index in [2.05, 4.69) is 17.1 Å². The highest BCUT2D eigenvalue weighted by Crippen LogP contribution is 2.19. The van der Waals surface area contributed by atoms with Gasteiger partial charge in [0.2, 0.25) is 0 Å². The lowest BCUT2D eigenvalue weighted by atomic mass is 10.0. The van der Waals surface area contributed by atoms with Crippen LogP contribution in [0, 0.1) is 12.7 Å². The zero-order valence-corrected chi connectivity index (χ0v) is 12.8. The number of aliphatic hydroxyl groups is 1. The molecule has 0 bridgehead atoms. The van der Waals surface area contributed by atoms with Gasteiger partial charge >= 0.3 is 0 Å². The number of nitrogens with one attached hydrogen (secondary N) is 1. The molecule has 1 unspecified atom stereocenters. The van der Waals surface area contributed by atoms with E-state index in [-0.39, 0.29) is 18.5 Å². The van der Waals surface area contributed by atoms with Crippen molar-refractivity contribution in [2.75, 3.05) is 33.3 Å². The Morgan fingerprint density at radius 2 is 2.05 bits per heavy atom. The Morgan fingerprint density at radius 3 is 2.60 bits per heavy atom. The first kappa shape index (κ1) is 17.1. The molecule has 0 heterocycles. The summed E-state index contributed by atoms with van der Waals surface area (Å²) < 4.78 is 13.6. The maximum absolute atomic E-state index is 13.6. The Bertz CT molecular complexity index is 392. The maximum atomic E-state index is 13.6. The molecule has 0 fully saturated rings. The van der Waals surface area contributed by atoms with Gasteiger partial charge in [0, 0.05) is 19.1 Å². The van der Waals surface area contributed by atoms with Crippen molar-refractivity contribution in [3.63, 3.8) is 0 Å². The van der Waals surface area contributed by atoms with E-state index in [4.69, 9.17) is 5.11 Å². The predicted molar refractivity (Wildman–Crippen MR) is 81.4 cm³/mol. The molecule has 0 saturated carbocycles. The van der Waals surface area contributed by atoms with Crippen LogP contribution in [0.5, 0.6) is 0 Å². The molecule has 4 heteroatoms. The summed E-state index contributed by atoms with van der Waals surface area (Å²) in [5.41, 5.74) is 1.66. The molecule has 0 aromatic heterocycles. The van der Waals surface area contributed by atoms with Gasteiger partial charge in [-0.05, 0) is 50.6 Å². The molecule has 1 aromatic carbocycles. The summed E-state index contributed by atoms with van der Waals surface area (Å²) in [6, 6.07) is 5.57. The molecule has 3 nitrogen and oxygen atoms in total. The van der Waals surface area contributed by atoms with Gasteiger partial charge in [0.05, 0.1) is 6.61 Å². The maximum Gasteiger partial charge on any atom is 0.126 e. The van der Waals surface area contributed by atoms with Crippen LogP contribution in [0.1, 0.15) is 36.9 Å². The zero-order chi connectivity index (χ0) is 15.0. The molecular formula is C16H27FN2O. The molecular weight excluding hydrogens is 255 g/mol. The monoisotopic (exact) mass is 282 g/mol. The molecule has 0 saturated heterocycles. The number of nitrogens with zero attached hydrogens (tertiary/aromatic N) is 1. The van der Waals surface area contributed by atoms with Crippen LogP contribution in [0.4, 0.5) is 4.39 Å². The number of rotatable bonds is 9. The Labute approximate surface area is 121 Å². The quantitative estimate of drug-likeness (QED) is 0.730. The Morgan fingerprint density at radius 1 is 1.30 bits per heavy atom. The molecule has 1 rings (SSSR count). The van der Waals surface area contributed by atoms with Gasteiger partial charge in [-0.25, -0.2) is 4.39 Å². The molecule has 0 aliphatic heterocycles. The molecule has 20 heavy (non-hydrogen) atoms. The van der Waals surface area contributed by atoms with Crippen molar-refractivity contribution in [3.8, 4) is 0 Å². The van der Waals surface area contributed by atoms with E-state index in [1.807, 2.05) is 19.2 Å². The standard InChI is InChI=1S/C16H27FN2O/c1-4-8-19(10-11-20)9-7-16(18-3)14-6-5-13(2)15(17)12-14/h5-6,12,16,18,20H,4,7-11H2,1-3H3. The van der Waals surface area contributed by atoms with Crippen molar-refractivity contribution >= 4 is 0 Å². The van der Waals surface area contributed by atoms with E-state index in [1.54, 1.807) is 13.0 Å². The molecule has 0 aliphatic carbocycles. The first-order valence-corrected chi connectivity index (χ1v) is 7.38. The minimum Gasteiger partial charge on any atom is -0.395 e. The molecule has 0 radical (unpaired) electrons. The molecule has 1 aromatic rings. The van der Waals surface area contributed by atoms with Gasteiger partial charge in [-0.15, -0.1) is 0 Å². The van der Waals surface area contributed by atoms with Gasteiger partial charge in [0.1, 0.15) is 5.82 Å². The topological polar surface area (TPSA) is 35.5 Å². The largest absolute Gasteiger partial charge is 0.395 e. The van der Waals surface area contributed by atoms with Gasteiger partial charge in [-0.1, -0.05) is 19.1 Å². The highest BCUT2D eigenvalue weighted by atomic mass is 19.1. The van der Waals surface area contributed by atoms with Crippen molar-refractivity contribution < 1.29 is 9.50 Å². The minimum absolute atomic E-state index is 0.142. The lowest BCUT2D eigenvalue weighted by Crippen LogP contribution is -2.31. The van der Waals surface area contributed by atoms with Gasteiger partial charge in [-0.3, -0.25) is 0 Å². The summed E-state index contributed by atoms with van der Waals surface area (Å²) in [4.78, 5) is 2.24. The van der Waals surface area contributed by atoms with Crippen LogP contribution >= 0.6 is 0 Å². The van der Waals surface area contributed by atoms with Crippen molar-refractivity contribution in [1.82, 2.24) is 10.2 Å². The molecule has 1 atom stereocenters. The summed E-state index contributed by atoms with van der Waals surface area (Å²) in [7, 11) is 1.90. The molecule has 0 aliphatic rings.